The number of nitrogens with two attached hydrogens (primary N) is 1. The van der Waals surface area contributed by atoms with Crippen molar-refractivity contribution in [1.82, 2.24) is 5.32 Å². The minimum absolute atomic E-state index is 0.0790. The molecule has 1 aromatic carbocycles. The molecular formula is C13H18N2O3. The van der Waals surface area contributed by atoms with Gasteiger partial charge in [-0.3, -0.25) is 9.59 Å². The summed E-state index contributed by atoms with van der Waals surface area (Å²) in [4.78, 5) is 23.1. The molecule has 0 fully saturated rings. The second-order valence-corrected chi connectivity index (χ2v) is 4.60. The van der Waals surface area contributed by atoms with Crippen molar-refractivity contribution < 1.29 is 14.7 Å². The first-order chi connectivity index (χ1) is 8.32. The van der Waals surface area contributed by atoms with Gasteiger partial charge in [-0.1, -0.05) is 13.8 Å². The molecule has 0 heterocycles. The van der Waals surface area contributed by atoms with E-state index in [1.165, 1.54) is 12.1 Å². The number of primary amides is 1. The highest BCUT2D eigenvalue weighted by atomic mass is 16.3. The third-order valence-electron chi connectivity index (χ3n) is 2.72. The maximum Gasteiger partial charge on any atom is 0.251 e. The van der Waals surface area contributed by atoms with Crippen LogP contribution in [0.4, 0.5) is 0 Å². The Hall–Kier alpha value is -2.04. The van der Waals surface area contributed by atoms with E-state index in [9.17, 15) is 14.7 Å². The Bertz CT molecular complexity index is 469. The predicted octanol–water partition coefficient (Wildman–Crippen LogP) is 0.940. The molecule has 0 aliphatic heterocycles. The van der Waals surface area contributed by atoms with Crippen LogP contribution in [0.25, 0.3) is 0 Å². The number of carbonyl (C=O) groups excluding carboxylic acids is 2. The number of amides is 2. The zero-order chi connectivity index (χ0) is 13.9. The summed E-state index contributed by atoms with van der Waals surface area (Å²) < 4.78 is 0. The molecule has 0 spiro atoms. The van der Waals surface area contributed by atoms with Gasteiger partial charge in [0.1, 0.15) is 11.8 Å². The molecular weight excluding hydrogens is 232 g/mol. The lowest BCUT2D eigenvalue weighted by Crippen LogP contribution is -2.47. The van der Waals surface area contributed by atoms with Crippen LogP contribution in [0.1, 0.15) is 29.8 Å². The molecule has 0 bridgehead atoms. The van der Waals surface area contributed by atoms with E-state index in [1.54, 1.807) is 26.8 Å². The van der Waals surface area contributed by atoms with Gasteiger partial charge in [-0.2, -0.15) is 0 Å². The van der Waals surface area contributed by atoms with Crippen LogP contribution in [0.2, 0.25) is 0 Å². The molecule has 0 saturated heterocycles. The summed E-state index contributed by atoms with van der Waals surface area (Å²) in [6, 6.07) is 3.80. The number of phenols is 1. The SMILES string of the molecule is Cc1cc(C(=O)NC(C(N)=O)C(C)C)ccc1O. The van der Waals surface area contributed by atoms with Gasteiger partial charge in [0.05, 0.1) is 0 Å². The van der Waals surface area contributed by atoms with Gasteiger partial charge in [0.15, 0.2) is 0 Å². The highest BCUT2D eigenvalue weighted by molar-refractivity contribution is 5.97. The number of hydrogen-bond acceptors (Lipinski definition) is 3. The summed E-state index contributed by atoms with van der Waals surface area (Å²) in [5, 5.41) is 12.0. The maximum absolute atomic E-state index is 11.9. The Morgan fingerprint density at radius 1 is 1.33 bits per heavy atom. The largest absolute Gasteiger partial charge is 0.508 e. The number of benzene rings is 1. The summed E-state index contributed by atoms with van der Waals surface area (Å²) in [5.41, 5.74) is 6.21. The fourth-order valence-corrected chi connectivity index (χ4v) is 1.59. The van der Waals surface area contributed by atoms with Gasteiger partial charge in [0.2, 0.25) is 5.91 Å². The van der Waals surface area contributed by atoms with Gasteiger partial charge in [0, 0.05) is 5.56 Å². The molecule has 18 heavy (non-hydrogen) atoms. The number of aromatic hydroxyl groups is 1. The van der Waals surface area contributed by atoms with E-state index in [-0.39, 0.29) is 17.6 Å². The number of rotatable bonds is 4. The van der Waals surface area contributed by atoms with Gasteiger partial charge in [0.25, 0.3) is 5.91 Å². The van der Waals surface area contributed by atoms with Gasteiger partial charge in [-0.25, -0.2) is 0 Å². The van der Waals surface area contributed by atoms with Crippen molar-refractivity contribution >= 4 is 11.8 Å². The van der Waals surface area contributed by atoms with Gasteiger partial charge in [-0.15, -0.1) is 0 Å². The molecule has 98 valence electrons. The lowest BCUT2D eigenvalue weighted by molar-refractivity contribution is -0.120. The third-order valence-corrected chi connectivity index (χ3v) is 2.72. The van der Waals surface area contributed by atoms with Crippen molar-refractivity contribution in [2.45, 2.75) is 26.8 Å². The summed E-state index contributed by atoms with van der Waals surface area (Å²) in [6.45, 7) is 5.30. The van der Waals surface area contributed by atoms with Crippen molar-refractivity contribution in [3.63, 3.8) is 0 Å². The molecule has 1 unspecified atom stereocenters. The van der Waals surface area contributed by atoms with Crippen molar-refractivity contribution in [1.29, 1.82) is 0 Å². The Balaban J connectivity index is 2.87. The van der Waals surface area contributed by atoms with E-state index < -0.39 is 11.9 Å². The smallest absolute Gasteiger partial charge is 0.251 e. The standard InChI is InChI=1S/C13H18N2O3/c1-7(2)11(12(14)17)15-13(18)9-4-5-10(16)8(3)6-9/h4-7,11,16H,1-3H3,(H2,14,17)(H,15,18). The average Bonchev–Trinajstić information content (AvgIpc) is 2.28. The fourth-order valence-electron chi connectivity index (χ4n) is 1.59. The molecule has 0 aromatic heterocycles. The first-order valence-electron chi connectivity index (χ1n) is 5.72. The number of aryl methyl sites for hydroxylation is 1. The minimum atomic E-state index is -0.702. The highest BCUT2D eigenvalue weighted by Crippen LogP contribution is 2.17. The second-order valence-electron chi connectivity index (χ2n) is 4.60. The molecule has 1 aromatic rings. The van der Waals surface area contributed by atoms with Crippen LogP contribution in [0.5, 0.6) is 5.75 Å². The number of nitrogens with one attached hydrogen (secondary N) is 1. The number of hydrogen-bond donors (Lipinski definition) is 3. The summed E-state index contributed by atoms with van der Waals surface area (Å²) in [7, 11) is 0. The predicted molar refractivity (Wildman–Crippen MR) is 68.1 cm³/mol. The monoisotopic (exact) mass is 250 g/mol. The molecule has 4 N–H and O–H groups in total. The Kier molecular flexibility index (Phi) is 4.31. The van der Waals surface area contributed by atoms with Gasteiger partial charge < -0.3 is 16.2 Å². The van der Waals surface area contributed by atoms with Crippen LogP contribution < -0.4 is 11.1 Å². The topological polar surface area (TPSA) is 92.4 Å². The van der Waals surface area contributed by atoms with Crippen LogP contribution in [0.15, 0.2) is 18.2 Å². The van der Waals surface area contributed by atoms with Crippen molar-refractivity contribution in [3.05, 3.63) is 29.3 Å². The minimum Gasteiger partial charge on any atom is -0.508 e. The van der Waals surface area contributed by atoms with Crippen LogP contribution in [-0.4, -0.2) is 23.0 Å². The number of phenolic OH excluding ortho intramolecular Hbond substituents is 1. The van der Waals surface area contributed by atoms with Crippen LogP contribution in [0, 0.1) is 12.8 Å². The van der Waals surface area contributed by atoms with Crippen LogP contribution in [-0.2, 0) is 4.79 Å². The van der Waals surface area contributed by atoms with Gasteiger partial charge in [-0.05, 0) is 36.6 Å². The van der Waals surface area contributed by atoms with Crippen LogP contribution in [0.3, 0.4) is 0 Å². The second kappa shape index (κ2) is 5.53. The molecule has 5 nitrogen and oxygen atoms in total. The third kappa shape index (κ3) is 3.23. The Labute approximate surface area is 106 Å². The van der Waals surface area contributed by atoms with E-state index in [2.05, 4.69) is 5.32 Å². The molecule has 2 amide bonds. The van der Waals surface area contributed by atoms with Crippen molar-refractivity contribution in [2.24, 2.45) is 11.7 Å². The highest BCUT2D eigenvalue weighted by Gasteiger charge is 2.22. The van der Waals surface area contributed by atoms with E-state index in [1.807, 2.05) is 0 Å². The molecule has 0 aliphatic carbocycles. The number of carbonyl (C=O) groups is 2. The molecule has 1 atom stereocenters. The van der Waals surface area contributed by atoms with E-state index in [0.717, 1.165) is 0 Å². The maximum atomic E-state index is 11.9. The first kappa shape index (κ1) is 14.0. The molecule has 0 aliphatic rings. The fraction of sp³-hybridized carbons (Fsp3) is 0.385. The average molecular weight is 250 g/mol. The Morgan fingerprint density at radius 3 is 2.39 bits per heavy atom. The van der Waals surface area contributed by atoms with E-state index >= 15 is 0 Å². The lowest BCUT2D eigenvalue weighted by Gasteiger charge is -2.19. The summed E-state index contributed by atoms with van der Waals surface area (Å²) in [5.74, 6) is -0.893. The summed E-state index contributed by atoms with van der Waals surface area (Å²) in [6.07, 6.45) is 0. The normalized spacial score (nSPS) is 12.2. The molecule has 0 radical (unpaired) electrons. The van der Waals surface area contributed by atoms with Crippen molar-refractivity contribution in [2.75, 3.05) is 0 Å². The zero-order valence-corrected chi connectivity index (χ0v) is 10.7. The van der Waals surface area contributed by atoms with E-state index in [4.69, 9.17) is 5.73 Å². The molecule has 1 rings (SSSR count). The lowest BCUT2D eigenvalue weighted by atomic mass is 10.0. The van der Waals surface area contributed by atoms with E-state index in [0.29, 0.717) is 11.1 Å². The summed E-state index contributed by atoms with van der Waals surface area (Å²) >= 11 is 0. The first-order valence-corrected chi connectivity index (χ1v) is 5.72. The molecule has 0 saturated carbocycles. The van der Waals surface area contributed by atoms with Crippen LogP contribution >= 0.6 is 0 Å². The quantitative estimate of drug-likeness (QED) is 0.742. The van der Waals surface area contributed by atoms with Crippen molar-refractivity contribution in [3.8, 4) is 5.75 Å². The molecule has 5 heteroatoms. The van der Waals surface area contributed by atoms with Gasteiger partial charge >= 0.3 is 0 Å². The zero-order valence-electron chi connectivity index (χ0n) is 10.7. The Morgan fingerprint density at radius 2 is 1.94 bits per heavy atom.